The van der Waals surface area contributed by atoms with Crippen LogP contribution in [0.4, 0.5) is 10.5 Å². The lowest BCUT2D eigenvalue weighted by Crippen LogP contribution is -2.13. The Labute approximate surface area is 186 Å². The molecule has 0 fully saturated rings. The molecule has 0 atom stereocenters. The molecule has 0 aliphatic heterocycles. The van der Waals surface area contributed by atoms with Gasteiger partial charge in [-0.15, -0.1) is 0 Å². The summed E-state index contributed by atoms with van der Waals surface area (Å²) in [6, 6.07) is 8.76. The third-order valence-corrected chi connectivity index (χ3v) is 4.91. The minimum Gasteiger partial charge on any atom is -0.493 e. The molecule has 0 aliphatic carbocycles. The zero-order chi connectivity index (χ0) is 23.3. The van der Waals surface area contributed by atoms with Crippen LogP contribution >= 0.6 is 0 Å². The van der Waals surface area contributed by atoms with E-state index in [1.807, 2.05) is 29.9 Å². The molecule has 1 aromatic heterocycles. The number of amides is 1. The molecular weight excluding hydrogens is 412 g/mol. The SMILES string of the molecule is CCOC(=O)Nc1ccc2c(c1)c(C=CC(=O)c1cc(OC)c(OC)c(OC)c1)cn2C. The molecule has 0 saturated heterocycles. The Morgan fingerprint density at radius 2 is 1.72 bits per heavy atom. The van der Waals surface area contributed by atoms with Crippen LogP contribution in [0.3, 0.4) is 0 Å². The van der Waals surface area contributed by atoms with Gasteiger partial charge in [-0.1, -0.05) is 0 Å². The number of aryl methyl sites for hydroxylation is 1. The second kappa shape index (κ2) is 9.91. The molecule has 3 aromatic rings. The van der Waals surface area contributed by atoms with Gasteiger partial charge in [0.1, 0.15) is 0 Å². The van der Waals surface area contributed by atoms with Gasteiger partial charge < -0.3 is 23.5 Å². The summed E-state index contributed by atoms with van der Waals surface area (Å²) in [5, 5.41) is 3.58. The summed E-state index contributed by atoms with van der Waals surface area (Å²) in [6.07, 6.45) is 4.62. The highest BCUT2D eigenvalue weighted by atomic mass is 16.5. The van der Waals surface area contributed by atoms with Crippen LogP contribution in [-0.2, 0) is 11.8 Å². The zero-order valence-electron chi connectivity index (χ0n) is 18.7. The van der Waals surface area contributed by atoms with Crippen LogP contribution in [0.15, 0.2) is 42.6 Å². The van der Waals surface area contributed by atoms with Crippen molar-refractivity contribution in [1.82, 2.24) is 4.57 Å². The van der Waals surface area contributed by atoms with Gasteiger partial charge in [0, 0.05) is 41.0 Å². The summed E-state index contributed by atoms with van der Waals surface area (Å²) in [6.45, 7) is 2.03. The number of hydrogen-bond donors (Lipinski definition) is 1. The number of benzene rings is 2. The highest BCUT2D eigenvalue weighted by molar-refractivity contribution is 6.08. The lowest BCUT2D eigenvalue weighted by Gasteiger charge is -2.13. The first kappa shape index (κ1) is 22.7. The van der Waals surface area contributed by atoms with Gasteiger partial charge in [0.05, 0.1) is 27.9 Å². The Morgan fingerprint density at radius 3 is 2.31 bits per heavy atom. The molecule has 8 nitrogen and oxygen atoms in total. The number of carbonyl (C=O) groups is 2. The van der Waals surface area contributed by atoms with Gasteiger partial charge in [-0.2, -0.15) is 0 Å². The van der Waals surface area contributed by atoms with Crippen molar-refractivity contribution in [3.63, 3.8) is 0 Å². The lowest BCUT2D eigenvalue weighted by atomic mass is 10.1. The number of rotatable bonds is 8. The van der Waals surface area contributed by atoms with Crippen molar-refractivity contribution < 1.29 is 28.5 Å². The standard InChI is InChI=1S/C24H26N2O6/c1-6-32-24(28)25-17-8-9-19-18(13-17)15(14-26(19)2)7-10-20(27)16-11-21(29-3)23(31-5)22(12-16)30-4/h7-14H,6H2,1-5H3,(H,25,28). The van der Waals surface area contributed by atoms with E-state index in [0.29, 0.717) is 28.5 Å². The monoisotopic (exact) mass is 438 g/mol. The number of aromatic nitrogens is 1. The summed E-state index contributed by atoms with van der Waals surface area (Å²) >= 11 is 0. The fourth-order valence-corrected chi connectivity index (χ4v) is 3.40. The summed E-state index contributed by atoms with van der Waals surface area (Å²) in [5.74, 6) is 1.01. The van der Waals surface area contributed by atoms with Crippen LogP contribution < -0.4 is 19.5 Å². The molecule has 168 valence electrons. The zero-order valence-corrected chi connectivity index (χ0v) is 18.7. The molecule has 3 rings (SSSR count). The maximum atomic E-state index is 12.9. The molecular formula is C24H26N2O6. The van der Waals surface area contributed by atoms with Crippen molar-refractivity contribution in [2.24, 2.45) is 7.05 Å². The van der Waals surface area contributed by atoms with E-state index in [0.717, 1.165) is 16.5 Å². The van der Waals surface area contributed by atoms with E-state index in [2.05, 4.69) is 5.32 Å². The Morgan fingerprint density at radius 1 is 1.03 bits per heavy atom. The number of carbonyl (C=O) groups excluding carboxylic acids is 2. The maximum Gasteiger partial charge on any atom is 0.411 e. The van der Waals surface area contributed by atoms with E-state index < -0.39 is 6.09 Å². The van der Waals surface area contributed by atoms with Crippen molar-refractivity contribution in [2.45, 2.75) is 6.92 Å². The number of fused-ring (bicyclic) bond motifs is 1. The minimum absolute atomic E-state index is 0.220. The third kappa shape index (κ3) is 4.69. The molecule has 0 saturated carbocycles. The molecule has 32 heavy (non-hydrogen) atoms. The smallest absolute Gasteiger partial charge is 0.411 e. The van der Waals surface area contributed by atoms with E-state index in [1.54, 1.807) is 31.2 Å². The number of nitrogens with zero attached hydrogens (tertiary/aromatic N) is 1. The van der Waals surface area contributed by atoms with E-state index in [1.165, 1.54) is 27.4 Å². The van der Waals surface area contributed by atoms with Crippen LogP contribution in [0.25, 0.3) is 17.0 Å². The van der Waals surface area contributed by atoms with Crippen molar-refractivity contribution in [1.29, 1.82) is 0 Å². The second-order valence-corrected chi connectivity index (χ2v) is 6.88. The van der Waals surface area contributed by atoms with Crippen LogP contribution in [0, 0.1) is 0 Å². The average molecular weight is 438 g/mol. The van der Waals surface area contributed by atoms with Crippen LogP contribution in [0.5, 0.6) is 17.2 Å². The summed E-state index contributed by atoms with van der Waals surface area (Å²) in [5.41, 5.74) is 2.79. The number of nitrogens with one attached hydrogen (secondary N) is 1. The van der Waals surface area contributed by atoms with E-state index in [4.69, 9.17) is 18.9 Å². The fraction of sp³-hybridized carbons (Fsp3) is 0.250. The minimum atomic E-state index is -0.516. The van der Waals surface area contributed by atoms with Gasteiger partial charge in [-0.3, -0.25) is 10.1 Å². The second-order valence-electron chi connectivity index (χ2n) is 6.88. The maximum absolute atomic E-state index is 12.9. The fourth-order valence-electron chi connectivity index (χ4n) is 3.40. The molecule has 1 heterocycles. The molecule has 0 radical (unpaired) electrons. The molecule has 2 aromatic carbocycles. The number of ketones is 1. The molecule has 8 heteroatoms. The summed E-state index contributed by atoms with van der Waals surface area (Å²) < 4.78 is 22.8. The topological polar surface area (TPSA) is 88.0 Å². The van der Waals surface area contributed by atoms with E-state index >= 15 is 0 Å². The van der Waals surface area contributed by atoms with Crippen LogP contribution in [0.2, 0.25) is 0 Å². The number of anilines is 1. The number of ether oxygens (including phenoxy) is 4. The van der Waals surface area contributed by atoms with Crippen molar-refractivity contribution in [2.75, 3.05) is 33.3 Å². The third-order valence-electron chi connectivity index (χ3n) is 4.91. The predicted molar refractivity (Wildman–Crippen MR) is 123 cm³/mol. The molecule has 0 unspecified atom stereocenters. The largest absolute Gasteiger partial charge is 0.493 e. The average Bonchev–Trinajstić information content (AvgIpc) is 3.11. The highest BCUT2D eigenvalue weighted by Gasteiger charge is 2.16. The van der Waals surface area contributed by atoms with Crippen molar-refractivity contribution in [3.8, 4) is 17.2 Å². The van der Waals surface area contributed by atoms with E-state index in [9.17, 15) is 9.59 Å². The number of methoxy groups -OCH3 is 3. The first-order valence-corrected chi connectivity index (χ1v) is 9.97. The number of hydrogen-bond acceptors (Lipinski definition) is 6. The lowest BCUT2D eigenvalue weighted by molar-refractivity contribution is 0.104. The first-order chi connectivity index (χ1) is 15.4. The van der Waals surface area contributed by atoms with Gasteiger partial charge in [-0.25, -0.2) is 4.79 Å². The molecule has 0 spiro atoms. The predicted octanol–water partition coefficient (Wildman–Crippen LogP) is 4.67. The molecule has 1 amide bonds. The van der Waals surface area contributed by atoms with Crippen LogP contribution in [0.1, 0.15) is 22.8 Å². The van der Waals surface area contributed by atoms with Gasteiger partial charge >= 0.3 is 6.09 Å². The van der Waals surface area contributed by atoms with E-state index in [-0.39, 0.29) is 12.4 Å². The van der Waals surface area contributed by atoms with Crippen LogP contribution in [-0.4, -0.2) is 44.4 Å². The van der Waals surface area contributed by atoms with Gasteiger partial charge in [0.2, 0.25) is 5.75 Å². The Balaban J connectivity index is 1.92. The highest BCUT2D eigenvalue weighted by Crippen LogP contribution is 2.38. The first-order valence-electron chi connectivity index (χ1n) is 9.97. The van der Waals surface area contributed by atoms with Gasteiger partial charge in [-0.05, 0) is 49.4 Å². The van der Waals surface area contributed by atoms with Crippen molar-refractivity contribution in [3.05, 3.63) is 53.7 Å². The molecule has 1 N–H and O–H groups in total. The summed E-state index contributed by atoms with van der Waals surface area (Å²) in [4.78, 5) is 24.6. The Kier molecular flexibility index (Phi) is 7.04. The van der Waals surface area contributed by atoms with Crippen molar-refractivity contribution >= 4 is 34.5 Å². The number of allylic oxidation sites excluding steroid dienone is 1. The quantitative estimate of drug-likeness (QED) is 0.406. The van der Waals surface area contributed by atoms with Gasteiger partial charge in [0.25, 0.3) is 0 Å². The normalized spacial score (nSPS) is 10.9. The molecule has 0 bridgehead atoms. The summed E-state index contributed by atoms with van der Waals surface area (Å²) in [7, 11) is 6.42. The molecule has 0 aliphatic rings. The van der Waals surface area contributed by atoms with Gasteiger partial charge in [0.15, 0.2) is 17.3 Å². The Bertz CT molecular complexity index is 1150. The Hall–Kier alpha value is -3.94.